The largest absolute Gasteiger partial charge is 0.487 e. The summed E-state index contributed by atoms with van der Waals surface area (Å²) in [5.74, 6) is -0.695. The zero-order valence-electron chi connectivity index (χ0n) is 23.2. The Hall–Kier alpha value is -3.14. The minimum Gasteiger partial charge on any atom is -0.487 e. The maximum atomic E-state index is 13.3. The van der Waals surface area contributed by atoms with Gasteiger partial charge >= 0.3 is 0 Å². The van der Waals surface area contributed by atoms with E-state index < -0.39 is 18.9 Å². The minimum atomic E-state index is -2.72. The first-order chi connectivity index (χ1) is 20.1. The number of carbonyl (C=O) groups is 3. The molecular weight excluding hydrogens is 630 g/mol. The number of alkyl halides is 2. The van der Waals surface area contributed by atoms with E-state index in [0.29, 0.717) is 29.7 Å². The van der Waals surface area contributed by atoms with Crippen molar-refractivity contribution in [3.63, 3.8) is 0 Å². The van der Waals surface area contributed by atoms with E-state index in [1.54, 1.807) is 42.5 Å². The first-order valence-corrected chi connectivity index (χ1v) is 15.0. The van der Waals surface area contributed by atoms with Crippen LogP contribution in [0.4, 0.5) is 14.5 Å². The molecule has 1 aliphatic heterocycles. The van der Waals surface area contributed by atoms with Gasteiger partial charge in [0.2, 0.25) is 0 Å². The lowest BCUT2D eigenvalue weighted by atomic mass is 9.97. The Labute approximate surface area is 257 Å². The number of nitrogens with zero attached hydrogens (tertiary/aromatic N) is 1. The van der Waals surface area contributed by atoms with Gasteiger partial charge in [-0.05, 0) is 98.9 Å². The van der Waals surface area contributed by atoms with E-state index in [-0.39, 0.29) is 40.4 Å². The third-order valence-electron chi connectivity index (χ3n) is 7.27. The number of hydrogen-bond acceptors (Lipinski definition) is 5. The second-order valence-corrected chi connectivity index (χ2v) is 11.6. The molecule has 0 aromatic heterocycles. The number of amides is 1. The van der Waals surface area contributed by atoms with Crippen LogP contribution in [0.3, 0.4) is 0 Å². The first kappa shape index (κ1) is 31.8. The highest BCUT2D eigenvalue weighted by Gasteiger charge is 2.24. The van der Waals surface area contributed by atoms with E-state index in [9.17, 15) is 23.2 Å². The molecule has 10 heteroatoms. The normalized spacial score (nSPS) is 14.1. The van der Waals surface area contributed by atoms with E-state index in [4.69, 9.17) is 16.3 Å². The van der Waals surface area contributed by atoms with Crippen LogP contribution in [0.25, 0.3) is 0 Å². The van der Waals surface area contributed by atoms with E-state index in [1.807, 2.05) is 13.0 Å². The summed E-state index contributed by atoms with van der Waals surface area (Å²) >= 11 is 9.72. The number of Topliss-reactive ketones (excluding diaryl/α,β-unsaturated/α-hetero) is 2. The third kappa shape index (κ3) is 8.69. The predicted molar refractivity (Wildman–Crippen MR) is 163 cm³/mol. The van der Waals surface area contributed by atoms with Crippen LogP contribution in [0.15, 0.2) is 65.1 Å². The zero-order valence-corrected chi connectivity index (χ0v) is 25.5. The van der Waals surface area contributed by atoms with Crippen molar-refractivity contribution in [2.45, 2.75) is 51.5 Å². The molecule has 1 atom stereocenters. The van der Waals surface area contributed by atoms with E-state index in [1.165, 1.54) is 12.1 Å². The van der Waals surface area contributed by atoms with Gasteiger partial charge in [-0.1, -0.05) is 39.7 Å². The molecule has 222 valence electrons. The van der Waals surface area contributed by atoms with Crippen molar-refractivity contribution in [3.05, 3.63) is 92.4 Å². The van der Waals surface area contributed by atoms with Gasteiger partial charge in [-0.25, -0.2) is 8.78 Å². The van der Waals surface area contributed by atoms with Gasteiger partial charge in [-0.3, -0.25) is 19.3 Å². The summed E-state index contributed by atoms with van der Waals surface area (Å²) in [5, 5.41) is 3.01. The van der Waals surface area contributed by atoms with Crippen molar-refractivity contribution in [2.24, 2.45) is 0 Å². The third-order valence-corrected chi connectivity index (χ3v) is 8.12. The molecule has 0 saturated carbocycles. The molecule has 1 saturated heterocycles. The number of hydrogen-bond donors (Lipinski definition) is 1. The molecule has 0 spiro atoms. The summed E-state index contributed by atoms with van der Waals surface area (Å²) in [7, 11) is 0. The maximum Gasteiger partial charge on any atom is 0.272 e. The Bertz CT molecular complexity index is 1430. The molecule has 3 aromatic carbocycles. The molecule has 0 radical (unpaired) electrons. The summed E-state index contributed by atoms with van der Waals surface area (Å²) in [4.78, 5) is 41.4. The van der Waals surface area contributed by atoms with Crippen LogP contribution in [0.2, 0.25) is 5.02 Å². The van der Waals surface area contributed by atoms with Crippen molar-refractivity contribution in [2.75, 3.05) is 25.0 Å². The van der Waals surface area contributed by atoms with Crippen LogP contribution in [-0.2, 0) is 17.6 Å². The second kappa shape index (κ2) is 14.8. The number of halogens is 4. The number of benzene rings is 3. The summed E-state index contributed by atoms with van der Waals surface area (Å²) in [6.45, 7) is 2.96. The molecule has 42 heavy (non-hydrogen) atoms. The van der Waals surface area contributed by atoms with Gasteiger partial charge in [0.25, 0.3) is 12.3 Å². The van der Waals surface area contributed by atoms with Crippen LogP contribution in [0.5, 0.6) is 5.75 Å². The van der Waals surface area contributed by atoms with Gasteiger partial charge in [0, 0.05) is 28.6 Å². The standard InChI is InChI=1S/C32H32BrClF2N2O4/c1-20(38-14-2-3-15-38)28(39)12-5-21-4-11-27(34)25(16-21)29(40)18-22-6-13-30(42-19-31(35)36)26(17-22)32(41)37-24-9-7-23(33)8-10-24/h4,6-11,13,16-17,20,31H,2-3,5,12,14-15,18-19H2,1H3,(H,37,41). The zero-order chi connectivity index (χ0) is 30.2. The molecule has 3 aromatic rings. The predicted octanol–water partition coefficient (Wildman–Crippen LogP) is 7.41. The Balaban J connectivity index is 1.48. The van der Waals surface area contributed by atoms with Crippen LogP contribution < -0.4 is 10.1 Å². The number of anilines is 1. The van der Waals surface area contributed by atoms with Crippen molar-refractivity contribution >= 4 is 50.7 Å². The average Bonchev–Trinajstić information content (AvgIpc) is 3.51. The van der Waals surface area contributed by atoms with Crippen LogP contribution in [0.1, 0.15) is 58.0 Å². The lowest BCUT2D eigenvalue weighted by molar-refractivity contribution is -0.123. The highest BCUT2D eigenvalue weighted by Crippen LogP contribution is 2.26. The van der Waals surface area contributed by atoms with Crippen LogP contribution in [-0.4, -0.2) is 54.5 Å². The highest BCUT2D eigenvalue weighted by atomic mass is 79.9. The lowest BCUT2D eigenvalue weighted by Gasteiger charge is -2.22. The van der Waals surface area contributed by atoms with Crippen molar-refractivity contribution < 1.29 is 27.9 Å². The van der Waals surface area contributed by atoms with Gasteiger partial charge < -0.3 is 10.1 Å². The van der Waals surface area contributed by atoms with Gasteiger partial charge in [0.1, 0.15) is 18.1 Å². The maximum absolute atomic E-state index is 13.3. The van der Waals surface area contributed by atoms with Crippen molar-refractivity contribution in [3.8, 4) is 5.75 Å². The van der Waals surface area contributed by atoms with Gasteiger partial charge in [-0.15, -0.1) is 0 Å². The SMILES string of the molecule is CC(C(=O)CCc1ccc(Cl)c(C(=O)Cc2ccc(OCC(F)F)c(C(=O)Nc3ccc(Br)cc3)c2)c1)N1CCCC1. The Kier molecular flexibility index (Phi) is 11.2. The first-order valence-electron chi connectivity index (χ1n) is 13.8. The minimum absolute atomic E-state index is 0.0195. The molecule has 6 nitrogen and oxygen atoms in total. The topological polar surface area (TPSA) is 75.7 Å². The number of carbonyl (C=O) groups excluding carboxylic acids is 3. The summed E-state index contributed by atoms with van der Waals surface area (Å²) < 4.78 is 31.7. The Morgan fingerprint density at radius 2 is 1.64 bits per heavy atom. The summed E-state index contributed by atoms with van der Waals surface area (Å²) in [5.41, 5.74) is 2.15. The number of aryl methyl sites for hydroxylation is 1. The number of nitrogens with one attached hydrogen (secondary N) is 1. The number of ketones is 2. The number of rotatable bonds is 13. The fourth-order valence-electron chi connectivity index (χ4n) is 4.91. The highest BCUT2D eigenvalue weighted by molar-refractivity contribution is 9.10. The molecular formula is C32H32BrClF2N2O4. The van der Waals surface area contributed by atoms with Gasteiger partial charge in [0.05, 0.1) is 16.6 Å². The summed E-state index contributed by atoms with van der Waals surface area (Å²) in [6.07, 6.45) is 0.282. The fraction of sp³-hybridized carbons (Fsp3) is 0.344. The molecule has 0 bridgehead atoms. The molecule has 0 aliphatic carbocycles. The molecule has 1 fully saturated rings. The second-order valence-electron chi connectivity index (χ2n) is 10.3. The molecule has 1 N–H and O–H groups in total. The Morgan fingerprint density at radius 1 is 0.976 bits per heavy atom. The van der Waals surface area contributed by atoms with Gasteiger partial charge in [0.15, 0.2) is 5.78 Å². The molecule has 1 heterocycles. The summed E-state index contributed by atoms with van der Waals surface area (Å²) in [6, 6.07) is 16.4. The quantitative estimate of drug-likeness (QED) is 0.193. The average molecular weight is 662 g/mol. The lowest BCUT2D eigenvalue weighted by Crippen LogP contribution is -2.36. The Morgan fingerprint density at radius 3 is 2.33 bits per heavy atom. The van der Waals surface area contributed by atoms with Crippen LogP contribution in [0, 0.1) is 0 Å². The van der Waals surface area contributed by atoms with Crippen molar-refractivity contribution in [1.82, 2.24) is 4.90 Å². The van der Waals surface area contributed by atoms with E-state index >= 15 is 0 Å². The number of likely N-dealkylation sites (tertiary alicyclic amines) is 1. The van der Waals surface area contributed by atoms with E-state index in [2.05, 4.69) is 26.1 Å². The molecule has 4 rings (SSSR count). The van der Waals surface area contributed by atoms with Gasteiger partial charge in [-0.2, -0.15) is 0 Å². The van der Waals surface area contributed by atoms with Crippen LogP contribution >= 0.6 is 27.5 Å². The smallest absolute Gasteiger partial charge is 0.272 e. The molecule has 1 amide bonds. The molecule has 1 aliphatic rings. The monoisotopic (exact) mass is 660 g/mol. The van der Waals surface area contributed by atoms with E-state index in [0.717, 1.165) is 36.0 Å². The number of ether oxygens (including phenoxy) is 1. The van der Waals surface area contributed by atoms with Crippen molar-refractivity contribution in [1.29, 1.82) is 0 Å². The fourth-order valence-corrected chi connectivity index (χ4v) is 5.39. The molecule has 1 unspecified atom stereocenters.